The molecular weight excluding hydrogens is 226 g/mol. The van der Waals surface area contributed by atoms with Crippen molar-refractivity contribution in [3.05, 3.63) is 29.8 Å². The first kappa shape index (κ1) is 13.0. The van der Waals surface area contributed by atoms with Gasteiger partial charge in [0, 0.05) is 10.6 Å². The van der Waals surface area contributed by atoms with Crippen LogP contribution in [-0.4, -0.2) is 12.3 Å². The summed E-state index contributed by atoms with van der Waals surface area (Å²) in [7, 11) is 0. The van der Waals surface area contributed by atoms with E-state index in [9.17, 15) is 0 Å². The highest BCUT2D eigenvalue weighted by atomic mass is 32.2. The summed E-state index contributed by atoms with van der Waals surface area (Å²) in [5, 5.41) is 0. The fraction of sp³-hybridized carbons (Fsp3) is 0.600. The van der Waals surface area contributed by atoms with Gasteiger partial charge in [-0.05, 0) is 55.8 Å². The van der Waals surface area contributed by atoms with Gasteiger partial charge in [0.1, 0.15) is 0 Å². The molecule has 0 bridgehead atoms. The van der Waals surface area contributed by atoms with Crippen molar-refractivity contribution in [2.24, 2.45) is 11.7 Å². The van der Waals surface area contributed by atoms with E-state index in [1.807, 2.05) is 11.8 Å². The van der Waals surface area contributed by atoms with Crippen LogP contribution in [0.4, 0.5) is 0 Å². The molecule has 2 N–H and O–H groups in total. The number of rotatable bonds is 6. The number of nitrogens with two attached hydrogens (primary N) is 1. The van der Waals surface area contributed by atoms with Crippen molar-refractivity contribution in [2.75, 3.05) is 12.3 Å². The second kappa shape index (κ2) is 7.07. The summed E-state index contributed by atoms with van der Waals surface area (Å²) in [5.41, 5.74) is 6.99. The number of hydrogen-bond donors (Lipinski definition) is 1. The highest BCUT2D eigenvalue weighted by molar-refractivity contribution is 7.99. The fourth-order valence-electron chi connectivity index (χ4n) is 2.49. The molecule has 1 aliphatic carbocycles. The number of thioether (sulfide) groups is 1. The van der Waals surface area contributed by atoms with Gasteiger partial charge in [0.2, 0.25) is 0 Å². The van der Waals surface area contributed by atoms with Gasteiger partial charge in [-0.3, -0.25) is 0 Å². The Hall–Kier alpha value is -0.470. The van der Waals surface area contributed by atoms with Crippen molar-refractivity contribution in [1.29, 1.82) is 0 Å². The maximum atomic E-state index is 5.55. The summed E-state index contributed by atoms with van der Waals surface area (Å²) in [6.45, 7) is 0.791. The van der Waals surface area contributed by atoms with Crippen molar-refractivity contribution in [2.45, 2.75) is 43.4 Å². The normalized spacial score (nSPS) is 16.5. The van der Waals surface area contributed by atoms with Crippen molar-refractivity contribution >= 4 is 11.8 Å². The summed E-state index contributed by atoms with van der Waals surface area (Å²) < 4.78 is 0. The largest absolute Gasteiger partial charge is 0.330 e. The van der Waals surface area contributed by atoms with Gasteiger partial charge in [0.05, 0.1) is 0 Å². The van der Waals surface area contributed by atoms with Crippen LogP contribution in [0, 0.1) is 5.92 Å². The zero-order valence-corrected chi connectivity index (χ0v) is 11.3. The first-order valence-electron chi connectivity index (χ1n) is 6.80. The second-order valence-electron chi connectivity index (χ2n) is 5.00. The van der Waals surface area contributed by atoms with Crippen LogP contribution in [0.25, 0.3) is 0 Å². The van der Waals surface area contributed by atoms with E-state index in [4.69, 9.17) is 5.73 Å². The third-order valence-corrected chi connectivity index (χ3v) is 4.75. The summed E-state index contributed by atoms with van der Waals surface area (Å²) in [5.74, 6) is 2.27. The van der Waals surface area contributed by atoms with Crippen molar-refractivity contribution in [3.63, 3.8) is 0 Å². The summed E-state index contributed by atoms with van der Waals surface area (Å²) in [6.07, 6.45) is 7.99. The molecule has 0 atom stereocenters. The van der Waals surface area contributed by atoms with Crippen molar-refractivity contribution < 1.29 is 0 Å². The SMILES string of the molecule is NCCCc1cccc(SCC2CCCC2)c1. The van der Waals surface area contributed by atoms with Gasteiger partial charge in [-0.25, -0.2) is 0 Å². The standard InChI is InChI=1S/C15H23NS/c16-10-4-8-13-7-3-9-15(11-13)17-12-14-5-1-2-6-14/h3,7,9,11,14H,1-2,4-6,8,10,12,16H2. The molecule has 1 fully saturated rings. The number of benzene rings is 1. The van der Waals surface area contributed by atoms with E-state index in [-0.39, 0.29) is 0 Å². The van der Waals surface area contributed by atoms with Crippen LogP contribution >= 0.6 is 11.8 Å². The summed E-state index contributed by atoms with van der Waals surface area (Å²) in [6, 6.07) is 8.99. The molecule has 1 nitrogen and oxygen atoms in total. The average Bonchev–Trinajstić information content (AvgIpc) is 2.87. The van der Waals surface area contributed by atoms with Crippen LogP contribution in [0.5, 0.6) is 0 Å². The molecule has 1 saturated carbocycles. The Morgan fingerprint density at radius 3 is 2.82 bits per heavy atom. The highest BCUT2D eigenvalue weighted by Crippen LogP contribution is 2.31. The number of aryl methyl sites for hydroxylation is 1. The Balaban J connectivity index is 1.82. The topological polar surface area (TPSA) is 26.0 Å². The van der Waals surface area contributed by atoms with Crippen LogP contribution in [0.2, 0.25) is 0 Å². The minimum Gasteiger partial charge on any atom is -0.330 e. The van der Waals surface area contributed by atoms with Gasteiger partial charge >= 0.3 is 0 Å². The monoisotopic (exact) mass is 249 g/mol. The predicted octanol–water partition coefficient (Wildman–Crippen LogP) is 3.86. The Kier molecular flexibility index (Phi) is 5.40. The van der Waals surface area contributed by atoms with E-state index in [1.54, 1.807) is 0 Å². The van der Waals surface area contributed by atoms with E-state index < -0.39 is 0 Å². The van der Waals surface area contributed by atoms with Gasteiger partial charge in [-0.2, -0.15) is 0 Å². The molecule has 1 aromatic rings. The van der Waals surface area contributed by atoms with Crippen molar-refractivity contribution in [3.8, 4) is 0 Å². The van der Waals surface area contributed by atoms with E-state index in [0.29, 0.717) is 0 Å². The second-order valence-corrected chi connectivity index (χ2v) is 6.09. The lowest BCUT2D eigenvalue weighted by Crippen LogP contribution is -2.00. The Morgan fingerprint density at radius 1 is 1.24 bits per heavy atom. The molecule has 2 rings (SSSR count). The van der Waals surface area contributed by atoms with Crippen LogP contribution in [-0.2, 0) is 6.42 Å². The Labute approximate surface area is 109 Å². The maximum Gasteiger partial charge on any atom is 0.00747 e. The summed E-state index contributed by atoms with van der Waals surface area (Å²) >= 11 is 2.03. The number of hydrogen-bond acceptors (Lipinski definition) is 2. The van der Waals surface area contributed by atoms with Gasteiger partial charge in [0.15, 0.2) is 0 Å². The Morgan fingerprint density at radius 2 is 2.06 bits per heavy atom. The lowest BCUT2D eigenvalue weighted by atomic mass is 10.1. The molecule has 0 heterocycles. The van der Waals surface area contributed by atoms with E-state index in [0.717, 1.165) is 25.3 Å². The lowest BCUT2D eigenvalue weighted by molar-refractivity contribution is 0.623. The zero-order chi connectivity index (χ0) is 11.9. The fourth-order valence-corrected chi connectivity index (χ4v) is 3.66. The molecule has 94 valence electrons. The minimum atomic E-state index is 0.791. The smallest absolute Gasteiger partial charge is 0.00747 e. The first-order chi connectivity index (χ1) is 8.38. The van der Waals surface area contributed by atoms with Crippen LogP contribution in [0.3, 0.4) is 0 Å². The molecule has 2 heteroatoms. The van der Waals surface area contributed by atoms with Crippen LogP contribution in [0.15, 0.2) is 29.2 Å². The van der Waals surface area contributed by atoms with Gasteiger partial charge in [-0.15, -0.1) is 11.8 Å². The Bertz CT molecular complexity index is 331. The quantitative estimate of drug-likeness (QED) is 0.775. The third kappa shape index (κ3) is 4.36. The molecule has 1 aliphatic rings. The van der Waals surface area contributed by atoms with Crippen molar-refractivity contribution in [1.82, 2.24) is 0 Å². The third-order valence-electron chi connectivity index (χ3n) is 3.53. The van der Waals surface area contributed by atoms with Gasteiger partial charge in [0.25, 0.3) is 0 Å². The molecular formula is C15H23NS. The minimum absolute atomic E-state index is 0.791. The molecule has 17 heavy (non-hydrogen) atoms. The molecule has 0 aromatic heterocycles. The van der Waals surface area contributed by atoms with Crippen LogP contribution < -0.4 is 5.73 Å². The molecule has 0 radical (unpaired) electrons. The molecule has 0 saturated heterocycles. The van der Waals surface area contributed by atoms with E-state index in [1.165, 1.54) is 41.9 Å². The van der Waals surface area contributed by atoms with Gasteiger partial charge in [-0.1, -0.05) is 25.0 Å². The van der Waals surface area contributed by atoms with E-state index in [2.05, 4.69) is 24.3 Å². The molecule has 0 unspecified atom stereocenters. The molecule has 1 aromatic carbocycles. The molecule has 0 spiro atoms. The lowest BCUT2D eigenvalue weighted by Gasteiger charge is -2.09. The average molecular weight is 249 g/mol. The predicted molar refractivity (Wildman–Crippen MR) is 76.5 cm³/mol. The highest BCUT2D eigenvalue weighted by Gasteiger charge is 2.14. The zero-order valence-electron chi connectivity index (χ0n) is 10.5. The summed E-state index contributed by atoms with van der Waals surface area (Å²) in [4.78, 5) is 1.44. The van der Waals surface area contributed by atoms with Crippen LogP contribution in [0.1, 0.15) is 37.7 Å². The van der Waals surface area contributed by atoms with Gasteiger partial charge < -0.3 is 5.73 Å². The van der Waals surface area contributed by atoms with E-state index >= 15 is 0 Å². The first-order valence-corrected chi connectivity index (χ1v) is 7.79. The molecule has 0 amide bonds. The maximum absolute atomic E-state index is 5.55. The molecule has 0 aliphatic heterocycles.